The molecule has 3 aromatic rings. The van der Waals surface area contributed by atoms with Gasteiger partial charge in [0.15, 0.2) is 5.13 Å². The molecule has 2 heterocycles. The highest BCUT2D eigenvalue weighted by Gasteiger charge is 2.19. The fraction of sp³-hybridized carbons (Fsp3) is 0.360. The molecule has 0 saturated carbocycles. The van der Waals surface area contributed by atoms with Crippen molar-refractivity contribution in [2.75, 3.05) is 44.3 Å². The lowest BCUT2D eigenvalue weighted by molar-refractivity contribution is -0.114. The van der Waals surface area contributed by atoms with Gasteiger partial charge in [-0.15, -0.1) is 0 Å². The monoisotopic (exact) mass is 435 g/mol. The van der Waals surface area contributed by atoms with Crippen molar-refractivity contribution >= 4 is 38.7 Å². The molecule has 0 radical (unpaired) electrons. The molecule has 1 amide bonds. The molecule has 1 aliphatic heterocycles. The van der Waals surface area contributed by atoms with Gasteiger partial charge in [-0.05, 0) is 42.2 Å². The van der Waals surface area contributed by atoms with Gasteiger partial charge in [-0.2, -0.15) is 0 Å². The molecule has 0 unspecified atom stereocenters. The number of hydrogen-bond acceptors (Lipinski definition) is 5. The van der Waals surface area contributed by atoms with E-state index in [9.17, 15) is 4.79 Å². The van der Waals surface area contributed by atoms with Crippen LogP contribution in [-0.2, 0) is 16.0 Å². The number of carbonyl (C=O) groups is 1. The lowest BCUT2D eigenvalue weighted by Crippen LogP contribution is -2.39. The molecule has 1 fully saturated rings. The zero-order chi connectivity index (χ0) is 21.5. The summed E-state index contributed by atoms with van der Waals surface area (Å²) in [7, 11) is 0. The lowest BCUT2D eigenvalue weighted by Gasteiger charge is -2.27. The second kappa shape index (κ2) is 10.7. The largest absolute Gasteiger partial charge is 0.379 e. The van der Waals surface area contributed by atoms with Crippen LogP contribution in [0.1, 0.15) is 24.5 Å². The summed E-state index contributed by atoms with van der Waals surface area (Å²) in [4.78, 5) is 22.2. The smallest absolute Gasteiger partial charge is 0.252 e. The molecular weight excluding hydrogens is 406 g/mol. The molecule has 1 saturated heterocycles. The summed E-state index contributed by atoms with van der Waals surface area (Å²) in [6.45, 7) is 7.26. The maximum absolute atomic E-state index is 13.2. The molecule has 0 bridgehead atoms. The van der Waals surface area contributed by atoms with E-state index in [4.69, 9.17) is 9.72 Å². The number of amides is 1. The van der Waals surface area contributed by atoms with E-state index in [1.165, 1.54) is 5.56 Å². The minimum absolute atomic E-state index is 0.0272. The van der Waals surface area contributed by atoms with Crippen LogP contribution in [0.25, 0.3) is 16.3 Å². The summed E-state index contributed by atoms with van der Waals surface area (Å²) in [6, 6.07) is 16.3. The molecule has 1 aliphatic rings. The molecule has 0 N–H and O–H groups in total. The molecule has 0 spiro atoms. The number of carbonyl (C=O) groups excluding carboxylic acids is 1. The number of hydrogen-bond donors (Lipinski definition) is 0. The zero-order valence-electron chi connectivity index (χ0n) is 18.0. The number of nitrogens with zero attached hydrogens (tertiary/aromatic N) is 3. The number of aryl methyl sites for hydroxylation is 1. The lowest BCUT2D eigenvalue weighted by atomic mass is 10.2. The molecule has 5 nitrogen and oxygen atoms in total. The summed E-state index contributed by atoms with van der Waals surface area (Å²) < 4.78 is 6.57. The van der Waals surface area contributed by atoms with Gasteiger partial charge in [-0.3, -0.25) is 14.6 Å². The van der Waals surface area contributed by atoms with Gasteiger partial charge < -0.3 is 4.74 Å². The van der Waals surface area contributed by atoms with Gasteiger partial charge >= 0.3 is 0 Å². The maximum atomic E-state index is 13.2. The first-order chi connectivity index (χ1) is 15.2. The average Bonchev–Trinajstić information content (AvgIpc) is 3.24. The first-order valence-electron chi connectivity index (χ1n) is 11.0. The molecule has 6 heteroatoms. The van der Waals surface area contributed by atoms with Crippen LogP contribution < -0.4 is 4.90 Å². The Bertz CT molecular complexity index is 1030. The Morgan fingerprint density at radius 3 is 2.77 bits per heavy atom. The van der Waals surface area contributed by atoms with Crippen molar-refractivity contribution in [3.05, 3.63) is 65.7 Å². The van der Waals surface area contributed by atoms with Crippen LogP contribution >= 0.6 is 11.3 Å². The number of ether oxygens (including phenoxy) is 1. The van der Waals surface area contributed by atoms with E-state index < -0.39 is 0 Å². The third kappa shape index (κ3) is 5.79. The van der Waals surface area contributed by atoms with E-state index in [0.717, 1.165) is 66.6 Å². The van der Waals surface area contributed by atoms with Crippen molar-refractivity contribution in [3.8, 4) is 0 Å². The van der Waals surface area contributed by atoms with E-state index in [0.29, 0.717) is 6.54 Å². The van der Waals surface area contributed by atoms with Gasteiger partial charge in [0, 0.05) is 32.3 Å². The van der Waals surface area contributed by atoms with Crippen LogP contribution in [0.5, 0.6) is 0 Å². The van der Waals surface area contributed by atoms with Crippen LogP contribution in [0.4, 0.5) is 5.13 Å². The molecule has 162 valence electrons. The molecule has 0 atom stereocenters. The quantitative estimate of drug-likeness (QED) is 0.484. The van der Waals surface area contributed by atoms with Crippen molar-refractivity contribution < 1.29 is 9.53 Å². The summed E-state index contributed by atoms with van der Waals surface area (Å²) in [5.74, 6) is -0.0272. The van der Waals surface area contributed by atoms with Gasteiger partial charge in [0.05, 0.1) is 23.4 Å². The van der Waals surface area contributed by atoms with Gasteiger partial charge in [0.2, 0.25) is 0 Å². The third-order valence-electron chi connectivity index (χ3n) is 5.52. The first-order valence-corrected chi connectivity index (χ1v) is 11.8. The predicted octanol–water partition coefficient (Wildman–Crippen LogP) is 4.63. The predicted molar refractivity (Wildman–Crippen MR) is 129 cm³/mol. The highest BCUT2D eigenvalue weighted by atomic mass is 32.1. The Morgan fingerprint density at radius 2 is 2.00 bits per heavy atom. The van der Waals surface area contributed by atoms with Crippen molar-refractivity contribution in [2.24, 2.45) is 0 Å². The fourth-order valence-corrected chi connectivity index (χ4v) is 4.75. The number of benzene rings is 2. The van der Waals surface area contributed by atoms with E-state index in [2.05, 4.69) is 30.0 Å². The third-order valence-corrected chi connectivity index (χ3v) is 6.57. The molecular formula is C25H29N3O2S. The highest BCUT2D eigenvalue weighted by molar-refractivity contribution is 7.22. The van der Waals surface area contributed by atoms with Gasteiger partial charge in [0.1, 0.15) is 0 Å². The number of thiazole rings is 1. The standard InChI is InChI=1S/C25H29N3O2S/c1-2-20-9-11-22-23(19-20)31-25(26-22)28(14-6-13-27-15-17-30-18-16-27)24(29)12-10-21-7-4-3-5-8-21/h3-5,7-12,19H,2,6,13-18H2,1H3/b12-10+. The normalized spacial score (nSPS) is 15.0. The Balaban J connectivity index is 1.52. The number of fused-ring (bicyclic) bond motifs is 1. The summed E-state index contributed by atoms with van der Waals surface area (Å²) in [5, 5.41) is 0.771. The van der Waals surface area contributed by atoms with Crippen molar-refractivity contribution in [1.29, 1.82) is 0 Å². The van der Waals surface area contributed by atoms with Crippen LogP contribution in [0.15, 0.2) is 54.6 Å². The minimum Gasteiger partial charge on any atom is -0.379 e. The Hall–Kier alpha value is -2.54. The zero-order valence-corrected chi connectivity index (χ0v) is 18.8. The second-order valence-electron chi connectivity index (χ2n) is 7.69. The van der Waals surface area contributed by atoms with E-state index in [1.54, 1.807) is 17.4 Å². The van der Waals surface area contributed by atoms with Crippen LogP contribution in [0.3, 0.4) is 0 Å². The Labute approximate surface area is 188 Å². The Morgan fingerprint density at radius 1 is 1.19 bits per heavy atom. The van der Waals surface area contributed by atoms with E-state index in [1.807, 2.05) is 41.3 Å². The number of anilines is 1. The molecule has 0 aliphatic carbocycles. The SMILES string of the molecule is CCc1ccc2nc(N(CCCN3CCOCC3)C(=O)/C=C/c3ccccc3)sc2c1. The molecule has 1 aromatic heterocycles. The van der Waals surface area contributed by atoms with Crippen molar-refractivity contribution in [1.82, 2.24) is 9.88 Å². The molecule has 31 heavy (non-hydrogen) atoms. The van der Waals surface area contributed by atoms with Crippen LogP contribution in [0.2, 0.25) is 0 Å². The fourth-order valence-electron chi connectivity index (χ4n) is 3.69. The number of rotatable bonds is 8. The van der Waals surface area contributed by atoms with Crippen molar-refractivity contribution in [2.45, 2.75) is 19.8 Å². The maximum Gasteiger partial charge on any atom is 0.252 e. The molecule has 2 aromatic carbocycles. The number of morpholine rings is 1. The highest BCUT2D eigenvalue weighted by Crippen LogP contribution is 2.30. The topological polar surface area (TPSA) is 45.7 Å². The van der Waals surface area contributed by atoms with Crippen LogP contribution in [0, 0.1) is 0 Å². The van der Waals surface area contributed by atoms with Gasteiger partial charge in [-0.25, -0.2) is 4.98 Å². The molecule has 4 rings (SSSR count). The summed E-state index contributed by atoms with van der Waals surface area (Å²) in [6.07, 6.45) is 5.43. The Kier molecular flexibility index (Phi) is 7.46. The van der Waals surface area contributed by atoms with E-state index in [-0.39, 0.29) is 5.91 Å². The average molecular weight is 436 g/mol. The number of aromatic nitrogens is 1. The second-order valence-corrected chi connectivity index (χ2v) is 8.70. The van der Waals surface area contributed by atoms with Gasteiger partial charge in [-0.1, -0.05) is 54.7 Å². The van der Waals surface area contributed by atoms with Gasteiger partial charge in [0.25, 0.3) is 5.91 Å². The van der Waals surface area contributed by atoms with Crippen molar-refractivity contribution in [3.63, 3.8) is 0 Å². The van der Waals surface area contributed by atoms with E-state index >= 15 is 0 Å². The van der Waals surface area contributed by atoms with Crippen LogP contribution in [-0.4, -0.2) is 55.2 Å². The summed E-state index contributed by atoms with van der Waals surface area (Å²) in [5.41, 5.74) is 3.26. The first kappa shape index (κ1) is 21.7. The summed E-state index contributed by atoms with van der Waals surface area (Å²) >= 11 is 1.60. The minimum atomic E-state index is -0.0272.